The lowest BCUT2D eigenvalue weighted by Gasteiger charge is -2.04. The minimum atomic E-state index is -3.00. The molecule has 8 nitrogen and oxygen atoms in total. The fourth-order valence-electron chi connectivity index (χ4n) is 2.51. The number of thiazole rings is 1. The molecule has 3 heterocycles. The smallest absolute Gasteiger partial charge is 0.287 e. The van der Waals surface area contributed by atoms with Gasteiger partial charge in [0.1, 0.15) is 17.2 Å². The van der Waals surface area contributed by atoms with Gasteiger partial charge in [0, 0.05) is 17.9 Å². The van der Waals surface area contributed by atoms with Gasteiger partial charge in [-0.3, -0.25) is 4.79 Å². The molecule has 0 atom stereocenters. The van der Waals surface area contributed by atoms with Crippen LogP contribution < -0.4 is 5.32 Å². The normalized spacial score (nSPS) is 11.6. The molecule has 0 spiro atoms. The standard InChI is InChI=1S/C18H14F2N6O2S/c1-18(19,20)12-9-29-14(23-12)8-26-22-7-13(25-26)24-17(27)15-16(28-10-21-15)11-5-3-2-4-6-11/h2-7,9-10H,8H2,1H3,(H,24,25,27). The van der Waals surface area contributed by atoms with Crippen molar-refractivity contribution in [3.8, 4) is 11.3 Å². The van der Waals surface area contributed by atoms with E-state index in [0.717, 1.165) is 18.3 Å². The van der Waals surface area contributed by atoms with E-state index in [-0.39, 0.29) is 23.8 Å². The minimum absolute atomic E-state index is 0.107. The van der Waals surface area contributed by atoms with E-state index in [1.807, 2.05) is 18.2 Å². The van der Waals surface area contributed by atoms with Crippen molar-refractivity contribution in [2.24, 2.45) is 0 Å². The van der Waals surface area contributed by atoms with Crippen LogP contribution in [0.4, 0.5) is 14.6 Å². The average Bonchev–Trinajstić information content (AvgIpc) is 3.42. The van der Waals surface area contributed by atoms with Gasteiger partial charge in [-0.15, -0.1) is 16.4 Å². The first kappa shape index (κ1) is 18.9. The molecule has 1 N–H and O–H groups in total. The van der Waals surface area contributed by atoms with Gasteiger partial charge in [0.15, 0.2) is 23.7 Å². The predicted octanol–water partition coefficient (Wildman–Crippen LogP) is 3.80. The van der Waals surface area contributed by atoms with Crippen molar-refractivity contribution >= 4 is 23.1 Å². The molecule has 11 heteroatoms. The third-order valence-corrected chi connectivity index (χ3v) is 4.71. The zero-order valence-electron chi connectivity index (χ0n) is 15.0. The highest BCUT2D eigenvalue weighted by Gasteiger charge is 2.27. The van der Waals surface area contributed by atoms with Crippen LogP contribution in [0.15, 0.2) is 52.7 Å². The first-order chi connectivity index (χ1) is 13.9. The summed E-state index contributed by atoms with van der Waals surface area (Å²) in [5.41, 5.74) is 0.532. The number of alkyl halides is 2. The second kappa shape index (κ2) is 7.51. The second-order valence-electron chi connectivity index (χ2n) is 6.13. The molecule has 0 fully saturated rings. The van der Waals surface area contributed by atoms with Gasteiger partial charge < -0.3 is 9.73 Å². The number of carbonyl (C=O) groups excluding carboxylic acids is 1. The van der Waals surface area contributed by atoms with E-state index in [1.54, 1.807) is 12.1 Å². The van der Waals surface area contributed by atoms with E-state index in [0.29, 0.717) is 16.3 Å². The Kier molecular flexibility index (Phi) is 4.89. The van der Waals surface area contributed by atoms with Crippen molar-refractivity contribution in [1.82, 2.24) is 25.0 Å². The van der Waals surface area contributed by atoms with Gasteiger partial charge in [-0.2, -0.15) is 18.7 Å². The van der Waals surface area contributed by atoms with Gasteiger partial charge >= 0.3 is 0 Å². The Morgan fingerprint density at radius 2 is 2.10 bits per heavy atom. The van der Waals surface area contributed by atoms with E-state index >= 15 is 0 Å². The minimum Gasteiger partial charge on any atom is -0.443 e. The number of carbonyl (C=O) groups is 1. The van der Waals surface area contributed by atoms with Gasteiger partial charge in [-0.25, -0.2) is 9.97 Å². The van der Waals surface area contributed by atoms with E-state index in [9.17, 15) is 13.6 Å². The Hall–Kier alpha value is -3.47. The first-order valence-corrected chi connectivity index (χ1v) is 9.31. The Labute approximate surface area is 167 Å². The summed E-state index contributed by atoms with van der Waals surface area (Å²) in [6.07, 6.45) is 2.54. The molecular formula is C18H14F2N6O2S. The molecule has 0 bridgehead atoms. The van der Waals surface area contributed by atoms with E-state index < -0.39 is 11.8 Å². The average molecular weight is 416 g/mol. The molecule has 3 aromatic heterocycles. The molecule has 4 aromatic rings. The van der Waals surface area contributed by atoms with Gasteiger partial charge in [0.2, 0.25) is 0 Å². The van der Waals surface area contributed by atoms with Crippen molar-refractivity contribution in [3.05, 3.63) is 64.7 Å². The van der Waals surface area contributed by atoms with Crippen LogP contribution >= 0.6 is 11.3 Å². The van der Waals surface area contributed by atoms with Crippen molar-refractivity contribution in [1.29, 1.82) is 0 Å². The number of hydrogen-bond donors (Lipinski definition) is 1. The molecule has 0 saturated carbocycles. The molecule has 29 heavy (non-hydrogen) atoms. The number of nitrogens with one attached hydrogen (secondary N) is 1. The molecule has 0 unspecified atom stereocenters. The largest absolute Gasteiger partial charge is 0.443 e. The number of anilines is 1. The number of nitrogens with zero attached hydrogens (tertiary/aromatic N) is 5. The topological polar surface area (TPSA) is 98.7 Å². The number of halogens is 2. The molecule has 1 amide bonds. The van der Waals surface area contributed by atoms with Crippen LogP contribution in [0.2, 0.25) is 0 Å². The van der Waals surface area contributed by atoms with E-state index in [1.165, 1.54) is 22.8 Å². The summed E-state index contributed by atoms with van der Waals surface area (Å²) < 4.78 is 31.9. The van der Waals surface area contributed by atoms with Crippen LogP contribution in [0.1, 0.15) is 28.1 Å². The highest BCUT2D eigenvalue weighted by Crippen LogP contribution is 2.28. The molecule has 4 rings (SSSR count). The molecule has 0 radical (unpaired) electrons. The quantitative estimate of drug-likeness (QED) is 0.513. The molecule has 0 aliphatic heterocycles. The predicted molar refractivity (Wildman–Crippen MR) is 101 cm³/mol. The summed E-state index contributed by atoms with van der Waals surface area (Å²) in [4.78, 5) is 21.7. The summed E-state index contributed by atoms with van der Waals surface area (Å²) in [5.74, 6) is -2.98. The van der Waals surface area contributed by atoms with Crippen LogP contribution in [0.25, 0.3) is 11.3 Å². The monoisotopic (exact) mass is 416 g/mol. The molecule has 148 valence electrons. The molecule has 1 aromatic carbocycles. The zero-order chi connectivity index (χ0) is 20.4. The van der Waals surface area contributed by atoms with E-state index in [4.69, 9.17) is 4.42 Å². The summed E-state index contributed by atoms with van der Waals surface area (Å²) in [6, 6.07) is 9.10. The number of amides is 1. The van der Waals surface area contributed by atoms with Crippen molar-refractivity contribution in [2.45, 2.75) is 19.4 Å². The first-order valence-electron chi connectivity index (χ1n) is 8.43. The van der Waals surface area contributed by atoms with Crippen molar-refractivity contribution in [3.63, 3.8) is 0 Å². The Morgan fingerprint density at radius 1 is 1.31 bits per heavy atom. The Balaban J connectivity index is 1.45. The van der Waals surface area contributed by atoms with Crippen LogP contribution in [-0.4, -0.2) is 30.9 Å². The maximum Gasteiger partial charge on any atom is 0.287 e. The number of benzene rings is 1. The van der Waals surface area contributed by atoms with Crippen LogP contribution in [0.3, 0.4) is 0 Å². The number of aromatic nitrogens is 5. The zero-order valence-corrected chi connectivity index (χ0v) is 15.9. The maximum absolute atomic E-state index is 13.3. The summed E-state index contributed by atoms with van der Waals surface area (Å²) in [6.45, 7) is 0.898. The number of rotatable bonds is 6. The van der Waals surface area contributed by atoms with Crippen molar-refractivity contribution in [2.75, 3.05) is 5.32 Å². The molecule has 0 aliphatic carbocycles. The Morgan fingerprint density at radius 3 is 2.83 bits per heavy atom. The third kappa shape index (κ3) is 4.19. The SMILES string of the molecule is CC(F)(F)c1csc(Cn2ncc(NC(=O)c3ncoc3-c3ccccc3)n2)n1. The fraction of sp³-hybridized carbons (Fsp3) is 0.167. The number of hydrogen-bond acceptors (Lipinski definition) is 7. The van der Waals surface area contributed by atoms with Crippen LogP contribution in [0.5, 0.6) is 0 Å². The molecule has 0 aliphatic rings. The van der Waals surface area contributed by atoms with E-state index in [2.05, 4.69) is 25.5 Å². The summed E-state index contributed by atoms with van der Waals surface area (Å²) in [5, 5.41) is 12.5. The lowest BCUT2D eigenvalue weighted by atomic mass is 10.1. The number of oxazole rings is 1. The molecule has 0 saturated heterocycles. The lowest BCUT2D eigenvalue weighted by Crippen LogP contribution is -2.14. The van der Waals surface area contributed by atoms with Gasteiger partial charge in [0.25, 0.3) is 11.8 Å². The Bertz CT molecular complexity index is 1130. The summed E-state index contributed by atoms with van der Waals surface area (Å²) in [7, 11) is 0. The third-order valence-electron chi connectivity index (χ3n) is 3.87. The van der Waals surface area contributed by atoms with Crippen molar-refractivity contribution < 1.29 is 18.0 Å². The van der Waals surface area contributed by atoms with Gasteiger partial charge in [0.05, 0.1) is 6.20 Å². The van der Waals surface area contributed by atoms with Gasteiger partial charge in [-0.05, 0) is 0 Å². The molecular weight excluding hydrogens is 402 g/mol. The van der Waals surface area contributed by atoms with Crippen LogP contribution in [0, 0.1) is 0 Å². The highest BCUT2D eigenvalue weighted by atomic mass is 32.1. The second-order valence-corrected chi connectivity index (χ2v) is 7.07. The maximum atomic E-state index is 13.3. The highest BCUT2D eigenvalue weighted by molar-refractivity contribution is 7.09. The fourth-order valence-corrected chi connectivity index (χ4v) is 3.36. The van der Waals surface area contributed by atoms with Gasteiger partial charge in [-0.1, -0.05) is 30.3 Å². The lowest BCUT2D eigenvalue weighted by molar-refractivity contribution is 0.0132. The summed E-state index contributed by atoms with van der Waals surface area (Å²) >= 11 is 1.09. The van der Waals surface area contributed by atoms with Crippen LogP contribution in [-0.2, 0) is 12.5 Å².